The fourth-order valence-electron chi connectivity index (χ4n) is 3.48. The second kappa shape index (κ2) is 8.43. The number of rotatable bonds is 4. The van der Waals surface area contributed by atoms with E-state index in [1.165, 1.54) is 39.9 Å². The molecule has 1 fully saturated rings. The monoisotopic (exact) mass is 483 g/mol. The van der Waals surface area contributed by atoms with E-state index in [0.717, 1.165) is 23.1 Å². The van der Waals surface area contributed by atoms with Crippen molar-refractivity contribution in [2.45, 2.75) is 31.2 Å². The zero-order valence-electron chi connectivity index (χ0n) is 16.1. The molecule has 158 valence electrons. The molecule has 0 spiro atoms. The molecule has 4 rings (SSSR count). The lowest BCUT2D eigenvalue weighted by atomic mass is 10.2. The molecule has 10 heteroatoms. The minimum absolute atomic E-state index is 0.188. The molecule has 0 bridgehead atoms. The summed E-state index contributed by atoms with van der Waals surface area (Å²) in [5.41, 5.74) is 1.06. The number of thiazole rings is 1. The molecular weight excluding hydrogens is 465 g/mol. The Morgan fingerprint density at radius 3 is 2.40 bits per heavy atom. The molecule has 30 heavy (non-hydrogen) atoms. The fraction of sp³-hybridized carbons (Fsp3) is 0.300. The second-order valence-electron chi connectivity index (χ2n) is 6.89. The topological polar surface area (TPSA) is 71.7 Å². The minimum Gasteiger partial charge on any atom is -0.315 e. The third kappa shape index (κ3) is 3.83. The van der Waals surface area contributed by atoms with Gasteiger partial charge in [-0.25, -0.2) is 8.42 Å². The van der Waals surface area contributed by atoms with Crippen LogP contribution in [0.1, 0.15) is 30.1 Å². The molecule has 2 heterocycles. The van der Waals surface area contributed by atoms with Gasteiger partial charge in [0.15, 0.2) is 4.80 Å². The van der Waals surface area contributed by atoms with Crippen LogP contribution in [0, 0.1) is 0 Å². The standard InChI is InChI=1S/C20H19Cl2N3O3S2/c1-2-25-18-16(10-9-15(21)17(18)22)29-20(25)23-19(26)13-5-7-14(8-6-13)30(27,28)24-11-3-4-12-24/h5-10H,2-4,11-12H2,1H3. The van der Waals surface area contributed by atoms with E-state index < -0.39 is 15.9 Å². The van der Waals surface area contributed by atoms with Gasteiger partial charge in [0.2, 0.25) is 10.0 Å². The van der Waals surface area contributed by atoms with Gasteiger partial charge in [-0.2, -0.15) is 9.30 Å². The molecule has 1 saturated heterocycles. The van der Waals surface area contributed by atoms with Gasteiger partial charge >= 0.3 is 0 Å². The Bertz CT molecular complexity index is 1290. The number of carbonyl (C=O) groups is 1. The van der Waals surface area contributed by atoms with E-state index in [-0.39, 0.29) is 4.90 Å². The molecule has 1 aromatic heterocycles. The number of aryl methyl sites for hydroxylation is 1. The summed E-state index contributed by atoms with van der Waals surface area (Å²) in [6, 6.07) is 9.50. The lowest BCUT2D eigenvalue weighted by molar-refractivity contribution is 0.0997. The van der Waals surface area contributed by atoms with Gasteiger partial charge in [0.05, 0.1) is 25.2 Å². The van der Waals surface area contributed by atoms with Gasteiger partial charge in [-0.05, 0) is 56.2 Å². The van der Waals surface area contributed by atoms with Crippen molar-refractivity contribution >= 4 is 60.7 Å². The molecule has 1 amide bonds. The number of hydrogen-bond acceptors (Lipinski definition) is 4. The summed E-state index contributed by atoms with van der Waals surface area (Å²) in [6.45, 7) is 3.58. The fourth-order valence-corrected chi connectivity index (χ4v) is 6.57. The molecule has 6 nitrogen and oxygen atoms in total. The molecule has 0 N–H and O–H groups in total. The smallest absolute Gasteiger partial charge is 0.279 e. The van der Waals surface area contributed by atoms with Crippen LogP contribution in [0.25, 0.3) is 10.2 Å². The van der Waals surface area contributed by atoms with E-state index in [0.29, 0.717) is 40.0 Å². The van der Waals surface area contributed by atoms with Crippen LogP contribution in [0.5, 0.6) is 0 Å². The number of halogens is 2. The van der Waals surface area contributed by atoms with Crippen molar-refractivity contribution in [1.82, 2.24) is 8.87 Å². The van der Waals surface area contributed by atoms with Gasteiger partial charge in [0, 0.05) is 25.2 Å². The van der Waals surface area contributed by atoms with E-state index in [2.05, 4.69) is 4.99 Å². The average Bonchev–Trinajstić information content (AvgIpc) is 3.39. The third-order valence-electron chi connectivity index (χ3n) is 5.05. The van der Waals surface area contributed by atoms with Gasteiger partial charge in [0.1, 0.15) is 0 Å². The predicted molar refractivity (Wildman–Crippen MR) is 120 cm³/mol. The van der Waals surface area contributed by atoms with Crippen molar-refractivity contribution < 1.29 is 13.2 Å². The number of hydrogen-bond donors (Lipinski definition) is 0. The Balaban J connectivity index is 1.69. The summed E-state index contributed by atoms with van der Waals surface area (Å²) >= 11 is 13.8. The lowest BCUT2D eigenvalue weighted by Crippen LogP contribution is -2.27. The number of benzene rings is 2. The highest BCUT2D eigenvalue weighted by Gasteiger charge is 2.27. The summed E-state index contributed by atoms with van der Waals surface area (Å²) in [6.07, 6.45) is 1.74. The number of aromatic nitrogens is 1. The summed E-state index contributed by atoms with van der Waals surface area (Å²) in [7, 11) is -3.51. The zero-order chi connectivity index (χ0) is 21.5. The number of carbonyl (C=O) groups excluding carboxylic acids is 1. The van der Waals surface area contributed by atoms with Crippen LogP contribution < -0.4 is 4.80 Å². The Labute approximate surface area is 188 Å². The quantitative estimate of drug-likeness (QED) is 0.545. The van der Waals surface area contributed by atoms with Crippen LogP contribution >= 0.6 is 34.5 Å². The van der Waals surface area contributed by atoms with Crippen LogP contribution in [0.15, 0.2) is 46.3 Å². The largest absolute Gasteiger partial charge is 0.315 e. The predicted octanol–water partition coefficient (Wildman–Crippen LogP) is 4.56. The summed E-state index contributed by atoms with van der Waals surface area (Å²) in [5.74, 6) is -0.448. The second-order valence-corrected chi connectivity index (χ2v) is 10.6. The molecule has 0 unspecified atom stereocenters. The first-order valence-electron chi connectivity index (χ1n) is 9.49. The van der Waals surface area contributed by atoms with Crippen molar-refractivity contribution in [2.75, 3.05) is 13.1 Å². The molecular formula is C20H19Cl2N3O3S2. The molecule has 0 aliphatic carbocycles. The summed E-state index contributed by atoms with van der Waals surface area (Å²) < 4.78 is 29.5. The normalized spacial score (nSPS) is 15.9. The number of nitrogens with zero attached hydrogens (tertiary/aromatic N) is 3. The maximum absolute atomic E-state index is 12.7. The van der Waals surface area contributed by atoms with Gasteiger partial charge in [-0.1, -0.05) is 34.5 Å². The van der Waals surface area contributed by atoms with Gasteiger partial charge in [0.25, 0.3) is 5.91 Å². The van der Waals surface area contributed by atoms with E-state index >= 15 is 0 Å². The summed E-state index contributed by atoms with van der Waals surface area (Å²) in [4.78, 5) is 17.7. The molecule has 1 aliphatic rings. The first-order valence-corrected chi connectivity index (χ1v) is 12.5. The Morgan fingerprint density at radius 1 is 1.10 bits per heavy atom. The van der Waals surface area contributed by atoms with Crippen LogP contribution in [0.4, 0.5) is 0 Å². The SMILES string of the molecule is CCn1c(=NC(=O)c2ccc(S(=O)(=O)N3CCCC3)cc2)sc2ccc(Cl)c(Cl)c21. The molecule has 0 radical (unpaired) electrons. The van der Waals surface area contributed by atoms with E-state index in [4.69, 9.17) is 23.2 Å². The average molecular weight is 484 g/mol. The van der Waals surface area contributed by atoms with Crippen LogP contribution in [0.3, 0.4) is 0 Å². The van der Waals surface area contributed by atoms with E-state index in [1.54, 1.807) is 6.07 Å². The zero-order valence-corrected chi connectivity index (χ0v) is 19.3. The van der Waals surface area contributed by atoms with Crippen molar-refractivity contribution in [3.8, 4) is 0 Å². The van der Waals surface area contributed by atoms with Crippen LogP contribution in [0.2, 0.25) is 10.0 Å². The van der Waals surface area contributed by atoms with Crippen molar-refractivity contribution in [1.29, 1.82) is 0 Å². The first-order chi connectivity index (χ1) is 14.3. The Morgan fingerprint density at radius 2 is 1.77 bits per heavy atom. The molecule has 0 saturated carbocycles. The van der Waals surface area contributed by atoms with Gasteiger partial charge in [-0.3, -0.25) is 4.79 Å². The highest BCUT2D eigenvalue weighted by atomic mass is 35.5. The van der Waals surface area contributed by atoms with Crippen LogP contribution in [-0.4, -0.2) is 36.3 Å². The third-order valence-corrected chi connectivity index (χ3v) is 8.80. The number of amides is 1. The lowest BCUT2D eigenvalue weighted by Gasteiger charge is -2.15. The van der Waals surface area contributed by atoms with E-state index in [1.807, 2.05) is 17.6 Å². The summed E-state index contributed by atoms with van der Waals surface area (Å²) in [5, 5.41) is 0.870. The minimum atomic E-state index is -3.51. The van der Waals surface area contributed by atoms with Crippen LogP contribution in [-0.2, 0) is 16.6 Å². The van der Waals surface area contributed by atoms with Gasteiger partial charge < -0.3 is 4.57 Å². The first kappa shape index (κ1) is 21.5. The van der Waals surface area contributed by atoms with Crippen molar-refractivity contribution in [3.63, 3.8) is 0 Å². The molecule has 3 aromatic rings. The Hall–Kier alpha value is -1.71. The molecule has 2 aromatic carbocycles. The Kier molecular flexibility index (Phi) is 6.05. The maximum atomic E-state index is 12.7. The highest BCUT2D eigenvalue weighted by molar-refractivity contribution is 7.89. The van der Waals surface area contributed by atoms with Gasteiger partial charge in [-0.15, -0.1) is 0 Å². The van der Waals surface area contributed by atoms with Crippen molar-refractivity contribution in [3.05, 3.63) is 56.8 Å². The van der Waals surface area contributed by atoms with Crippen molar-refractivity contribution in [2.24, 2.45) is 4.99 Å². The molecule has 0 atom stereocenters. The number of fused-ring (bicyclic) bond motifs is 1. The number of sulfonamides is 1. The highest BCUT2D eigenvalue weighted by Crippen LogP contribution is 2.32. The maximum Gasteiger partial charge on any atom is 0.279 e. The molecule has 1 aliphatic heterocycles. The van der Waals surface area contributed by atoms with E-state index in [9.17, 15) is 13.2 Å².